The SMILES string of the molecule is CCC(I)C(=O)OC1(C(F)(F)F)CCCCC1. The van der Waals surface area contributed by atoms with E-state index >= 15 is 0 Å². The third-order valence-electron chi connectivity index (χ3n) is 3.09. The largest absolute Gasteiger partial charge is 0.449 e. The quantitative estimate of drug-likeness (QED) is 0.430. The van der Waals surface area contributed by atoms with Gasteiger partial charge < -0.3 is 4.74 Å². The van der Waals surface area contributed by atoms with Crippen molar-refractivity contribution in [2.75, 3.05) is 0 Å². The molecule has 17 heavy (non-hydrogen) atoms. The molecular formula is C11H16F3IO2. The molecule has 0 aromatic carbocycles. The number of carbonyl (C=O) groups excluding carboxylic acids is 1. The van der Waals surface area contributed by atoms with E-state index in [0.717, 1.165) is 6.42 Å². The van der Waals surface area contributed by atoms with E-state index in [0.29, 0.717) is 19.3 Å². The van der Waals surface area contributed by atoms with Gasteiger partial charge in [-0.25, -0.2) is 0 Å². The molecule has 2 nitrogen and oxygen atoms in total. The molecule has 0 heterocycles. The summed E-state index contributed by atoms with van der Waals surface area (Å²) in [4.78, 5) is 11.6. The molecule has 0 N–H and O–H groups in total. The Kier molecular flexibility index (Phi) is 5.09. The molecule has 1 aliphatic carbocycles. The second kappa shape index (κ2) is 5.75. The van der Waals surface area contributed by atoms with Crippen molar-refractivity contribution in [3.63, 3.8) is 0 Å². The van der Waals surface area contributed by atoms with Gasteiger partial charge in [0.1, 0.15) is 3.92 Å². The van der Waals surface area contributed by atoms with Crippen LogP contribution in [0.1, 0.15) is 45.4 Å². The topological polar surface area (TPSA) is 26.3 Å². The van der Waals surface area contributed by atoms with Crippen molar-refractivity contribution in [3.05, 3.63) is 0 Å². The van der Waals surface area contributed by atoms with Gasteiger partial charge in [0.15, 0.2) is 0 Å². The maximum Gasteiger partial charge on any atom is 0.428 e. The fraction of sp³-hybridized carbons (Fsp3) is 0.909. The van der Waals surface area contributed by atoms with E-state index < -0.39 is 21.7 Å². The Labute approximate surface area is 112 Å². The van der Waals surface area contributed by atoms with E-state index in [1.807, 2.05) is 22.6 Å². The van der Waals surface area contributed by atoms with Gasteiger partial charge in [0.25, 0.3) is 0 Å². The number of hydrogen-bond donors (Lipinski definition) is 0. The van der Waals surface area contributed by atoms with Crippen LogP contribution in [-0.4, -0.2) is 21.7 Å². The normalized spacial score (nSPS) is 21.9. The van der Waals surface area contributed by atoms with Gasteiger partial charge in [-0.1, -0.05) is 35.9 Å². The van der Waals surface area contributed by atoms with Gasteiger partial charge in [0, 0.05) is 0 Å². The van der Waals surface area contributed by atoms with Gasteiger partial charge in [-0.3, -0.25) is 4.79 Å². The number of rotatable bonds is 3. The second-order valence-corrected chi connectivity index (χ2v) is 5.85. The molecule has 1 rings (SSSR count). The van der Waals surface area contributed by atoms with E-state index in [1.54, 1.807) is 6.92 Å². The fourth-order valence-electron chi connectivity index (χ4n) is 1.99. The van der Waals surface area contributed by atoms with Gasteiger partial charge >= 0.3 is 12.1 Å². The van der Waals surface area contributed by atoms with Crippen molar-refractivity contribution in [3.8, 4) is 0 Å². The fourth-order valence-corrected chi connectivity index (χ4v) is 2.12. The highest BCUT2D eigenvalue weighted by atomic mass is 127. The number of esters is 1. The molecule has 1 aliphatic rings. The van der Waals surface area contributed by atoms with E-state index in [-0.39, 0.29) is 12.8 Å². The summed E-state index contributed by atoms with van der Waals surface area (Å²) in [5, 5.41) is 0. The molecular weight excluding hydrogens is 348 g/mol. The summed E-state index contributed by atoms with van der Waals surface area (Å²) < 4.78 is 43.5. The zero-order valence-corrected chi connectivity index (χ0v) is 11.8. The van der Waals surface area contributed by atoms with E-state index in [4.69, 9.17) is 4.74 Å². The van der Waals surface area contributed by atoms with E-state index in [9.17, 15) is 18.0 Å². The van der Waals surface area contributed by atoms with Crippen LogP contribution in [0.2, 0.25) is 0 Å². The molecule has 0 radical (unpaired) electrons. The summed E-state index contributed by atoms with van der Waals surface area (Å²) in [5.74, 6) is -0.743. The van der Waals surface area contributed by atoms with Gasteiger partial charge in [-0.2, -0.15) is 13.2 Å². The molecule has 0 aliphatic heterocycles. The zero-order valence-electron chi connectivity index (χ0n) is 9.65. The Morgan fingerprint density at radius 1 is 1.35 bits per heavy atom. The van der Waals surface area contributed by atoms with Crippen LogP contribution in [-0.2, 0) is 9.53 Å². The molecule has 0 bridgehead atoms. The van der Waals surface area contributed by atoms with Crippen molar-refractivity contribution in [2.24, 2.45) is 0 Å². The van der Waals surface area contributed by atoms with Gasteiger partial charge in [0.2, 0.25) is 5.60 Å². The molecule has 1 unspecified atom stereocenters. The molecule has 6 heteroatoms. The van der Waals surface area contributed by atoms with Crippen LogP contribution in [0.5, 0.6) is 0 Å². The molecule has 0 amide bonds. The third kappa shape index (κ3) is 3.48. The molecule has 1 atom stereocenters. The summed E-state index contributed by atoms with van der Waals surface area (Å²) in [7, 11) is 0. The van der Waals surface area contributed by atoms with Gasteiger partial charge in [0.05, 0.1) is 0 Å². The van der Waals surface area contributed by atoms with Crippen molar-refractivity contribution < 1.29 is 22.7 Å². The summed E-state index contributed by atoms with van der Waals surface area (Å²) in [6.07, 6.45) is -2.49. The van der Waals surface area contributed by atoms with Crippen LogP contribution >= 0.6 is 22.6 Å². The molecule has 0 saturated heterocycles. The number of alkyl halides is 4. The monoisotopic (exact) mass is 364 g/mol. The molecule has 1 fully saturated rings. The van der Waals surface area contributed by atoms with Crippen molar-refractivity contribution in [2.45, 2.75) is 61.2 Å². The van der Waals surface area contributed by atoms with Crippen LogP contribution in [0.4, 0.5) is 13.2 Å². The van der Waals surface area contributed by atoms with E-state index in [2.05, 4.69) is 0 Å². The molecule has 0 aromatic rings. The molecule has 0 spiro atoms. The van der Waals surface area contributed by atoms with Crippen LogP contribution in [0.15, 0.2) is 0 Å². The molecule has 100 valence electrons. The summed E-state index contributed by atoms with van der Waals surface area (Å²) in [5.41, 5.74) is -2.24. The summed E-state index contributed by atoms with van der Waals surface area (Å²) in [6.45, 7) is 1.75. The standard InChI is InChI=1S/C11H16F3IO2/c1-2-8(15)9(16)17-10(11(12,13)14)6-4-3-5-7-10/h8H,2-7H2,1H3. The maximum absolute atomic E-state index is 13.0. The lowest BCUT2D eigenvalue weighted by Gasteiger charge is -2.38. The maximum atomic E-state index is 13.0. The minimum atomic E-state index is -4.47. The first kappa shape index (κ1) is 15.0. The lowest BCUT2D eigenvalue weighted by atomic mass is 9.84. The molecule has 1 saturated carbocycles. The van der Waals surface area contributed by atoms with Crippen LogP contribution in [0, 0.1) is 0 Å². The number of carbonyl (C=O) groups is 1. The number of halogens is 4. The minimum absolute atomic E-state index is 0.102. The van der Waals surface area contributed by atoms with Crippen molar-refractivity contribution >= 4 is 28.6 Å². The minimum Gasteiger partial charge on any atom is -0.449 e. The highest BCUT2D eigenvalue weighted by molar-refractivity contribution is 14.1. The summed E-state index contributed by atoms with van der Waals surface area (Å²) >= 11 is 1.82. The third-order valence-corrected chi connectivity index (χ3v) is 4.48. The predicted molar refractivity (Wildman–Crippen MR) is 66.1 cm³/mol. The number of ether oxygens (including phenoxy) is 1. The molecule has 0 aromatic heterocycles. The highest BCUT2D eigenvalue weighted by Gasteiger charge is 2.58. The lowest BCUT2D eigenvalue weighted by molar-refractivity contribution is -0.278. The van der Waals surface area contributed by atoms with Crippen LogP contribution < -0.4 is 0 Å². The Bertz CT molecular complexity index is 272. The van der Waals surface area contributed by atoms with E-state index in [1.165, 1.54) is 0 Å². The van der Waals surface area contributed by atoms with Crippen LogP contribution in [0.3, 0.4) is 0 Å². The van der Waals surface area contributed by atoms with Gasteiger partial charge in [-0.15, -0.1) is 0 Å². The lowest BCUT2D eigenvalue weighted by Crippen LogP contribution is -2.51. The highest BCUT2D eigenvalue weighted by Crippen LogP contribution is 2.44. The first-order valence-electron chi connectivity index (χ1n) is 5.76. The van der Waals surface area contributed by atoms with Gasteiger partial charge in [-0.05, 0) is 32.1 Å². The smallest absolute Gasteiger partial charge is 0.428 e. The van der Waals surface area contributed by atoms with Crippen molar-refractivity contribution in [1.82, 2.24) is 0 Å². The Balaban J connectivity index is 2.81. The Morgan fingerprint density at radius 2 is 1.88 bits per heavy atom. The predicted octanol–water partition coefficient (Wildman–Crippen LogP) is 4.01. The average Bonchev–Trinajstić information content (AvgIpc) is 2.27. The second-order valence-electron chi connectivity index (χ2n) is 4.35. The Hall–Kier alpha value is -0.0100. The number of hydrogen-bond acceptors (Lipinski definition) is 2. The van der Waals surface area contributed by atoms with Crippen LogP contribution in [0.25, 0.3) is 0 Å². The summed E-state index contributed by atoms with van der Waals surface area (Å²) in [6, 6.07) is 0. The first-order chi connectivity index (χ1) is 7.82. The Morgan fingerprint density at radius 3 is 2.29 bits per heavy atom. The van der Waals surface area contributed by atoms with Crippen molar-refractivity contribution in [1.29, 1.82) is 0 Å². The first-order valence-corrected chi connectivity index (χ1v) is 7.00. The zero-order chi connectivity index (χ0) is 13.1. The average molecular weight is 364 g/mol.